The Morgan fingerprint density at radius 1 is 1.36 bits per heavy atom. The number of thiophene rings is 1. The maximum Gasteiger partial charge on any atom is 0.303 e. The summed E-state index contributed by atoms with van der Waals surface area (Å²) < 4.78 is 5.98. The third kappa shape index (κ3) is 5.78. The lowest BCUT2D eigenvalue weighted by Crippen LogP contribution is -2.25. The Morgan fingerprint density at radius 2 is 2.24 bits per heavy atom. The number of carbonyl (C=O) groups is 1. The van der Waals surface area contributed by atoms with E-state index in [1.54, 1.807) is 11.3 Å². The summed E-state index contributed by atoms with van der Waals surface area (Å²) in [4.78, 5) is 20.4. The third-order valence-corrected chi connectivity index (χ3v) is 6.93. The lowest BCUT2D eigenvalue weighted by molar-refractivity contribution is -0.137. The molecule has 1 aliphatic rings. The van der Waals surface area contributed by atoms with E-state index in [1.807, 2.05) is 23.7 Å². The highest BCUT2D eigenvalue weighted by Crippen LogP contribution is 2.37. The van der Waals surface area contributed by atoms with Gasteiger partial charge in [0.25, 0.3) is 0 Å². The van der Waals surface area contributed by atoms with Crippen LogP contribution in [0, 0.1) is 6.92 Å². The predicted molar refractivity (Wildman–Crippen MR) is 131 cm³/mol. The largest absolute Gasteiger partial charge is 0.494 e. The van der Waals surface area contributed by atoms with Gasteiger partial charge < -0.3 is 15.2 Å². The molecule has 2 aromatic heterocycles. The van der Waals surface area contributed by atoms with Crippen molar-refractivity contribution in [1.29, 1.82) is 0 Å². The Kier molecular flexibility index (Phi) is 7.73. The summed E-state index contributed by atoms with van der Waals surface area (Å²) >= 11 is 1.65. The maximum atomic E-state index is 11.0. The van der Waals surface area contributed by atoms with Gasteiger partial charge in [0, 0.05) is 23.2 Å². The van der Waals surface area contributed by atoms with E-state index >= 15 is 0 Å². The molecule has 0 bridgehead atoms. The summed E-state index contributed by atoms with van der Waals surface area (Å²) in [7, 11) is 0. The average molecular weight is 466 g/mol. The van der Waals surface area contributed by atoms with Gasteiger partial charge in [-0.2, -0.15) is 11.3 Å². The highest BCUT2D eigenvalue weighted by molar-refractivity contribution is 7.08. The summed E-state index contributed by atoms with van der Waals surface area (Å²) in [5.41, 5.74) is 5.61. The second-order valence-corrected chi connectivity index (χ2v) is 9.36. The molecule has 1 aromatic carbocycles. The molecule has 2 N–H and O–H groups in total. The zero-order valence-corrected chi connectivity index (χ0v) is 20.0. The van der Waals surface area contributed by atoms with Crippen LogP contribution in [-0.4, -0.2) is 34.2 Å². The fourth-order valence-electron chi connectivity index (χ4n) is 4.51. The highest BCUT2D eigenvalue weighted by Gasteiger charge is 2.25. The monoisotopic (exact) mass is 465 g/mol. The van der Waals surface area contributed by atoms with Gasteiger partial charge in [-0.05, 0) is 85.3 Å². The molecule has 7 heteroatoms. The first kappa shape index (κ1) is 23.4. The van der Waals surface area contributed by atoms with Crippen molar-refractivity contribution in [3.63, 3.8) is 0 Å². The van der Waals surface area contributed by atoms with E-state index in [0.29, 0.717) is 6.61 Å². The van der Waals surface area contributed by atoms with Crippen LogP contribution in [0.4, 0.5) is 0 Å². The van der Waals surface area contributed by atoms with Crippen molar-refractivity contribution in [3.05, 3.63) is 63.6 Å². The minimum absolute atomic E-state index is 0.132. The van der Waals surface area contributed by atoms with Crippen molar-refractivity contribution < 1.29 is 14.6 Å². The van der Waals surface area contributed by atoms with Crippen molar-refractivity contribution in [2.45, 2.75) is 57.9 Å². The number of hydrogen-bond donors (Lipinski definition) is 2. The van der Waals surface area contributed by atoms with Crippen molar-refractivity contribution >= 4 is 17.3 Å². The molecule has 3 aromatic rings. The molecule has 2 heterocycles. The van der Waals surface area contributed by atoms with Crippen LogP contribution in [0.3, 0.4) is 0 Å². The second-order valence-electron chi connectivity index (χ2n) is 8.58. The van der Waals surface area contributed by atoms with Gasteiger partial charge >= 0.3 is 5.97 Å². The van der Waals surface area contributed by atoms with E-state index in [0.717, 1.165) is 60.6 Å². The molecule has 4 rings (SSSR count). The summed E-state index contributed by atoms with van der Waals surface area (Å²) in [6, 6.07) is 8.32. The number of nitrogens with one attached hydrogen (secondary N) is 1. The van der Waals surface area contributed by atoms with Crippen molar-refractivity contribution in [2.24, 2.45) is 0 Å². The third-order valence-electron chi connectivity index (χ3n) is 6.25. The molecule has 0 fully saturated rings. The molecule has 33 heavy (non-hydrogen) atoms. The number of ether oxygens (including phenoxy) is 1. The lowest BCUT2D eigenvalue weighted by atomic mass is 9.98. The number of aromatic nitrogens is 2. The Bertz CT molecular complexity index is 1080. The Balaban J connectivity index is 1.28. The van der Waals surface area contributed by atoms with Crippen LogP contribution in [0.15, 0.2) is 41.2 Å². The van der Waals surface area contributed by atoms with Gasteiger partial charge in [-0.1, -0.05) is 13.0 Å². The molecular formula is C26H31N3O3S. The van der Waals surface area contributed by atoms with Gasteiger partial charge in [-0.3, -0.25) is 4.79 Å². The van der Waals surface area contributed by atoms with Crippen molar-refractivity contribution in [3.8, 4) is 17.1 Å². The zero-order chi connectivity index (χ0) is 23.2. The smallest absolute Gasteiger partial charge is 0.303 e. The summed E-state index contributed by atoms with van der Waals surface area (Å²) in [6.45, 7) is 5.70. The minimum Gasteiger partial charge on any atom is -0.494 e. The van der Waals surface area contributed by atoms with Crippen LogP contribution < -0.4 is 10.1 Å². The van der Waals surface area contributed by atoms with Crippen molar-refractivity contribution in [1.82, 2.24) is 15.3 Å². The molecule has 1 aliphatic carbocycles. The number of aryl methyl sites for hydroxylation is 2. The number of aliphatic carboxylic acids is 1. The van der Waals surface area contributed by atoms with Gasteiger partial charge in [0.15, 0.2) is 5.82 Å². The van der Waals surface area contributed by atoms with Crippen LogP contribution in [0.2, 0.25) is 0 Å². The molecule has 0 aliphatic heterocycles. The second kappa shape index (κ2) is 10.9. The number of carboxylic acid groups (broad SMARTS) is 1. The fourth-order valence-corrected chi connectivity index (χ4v) is 5.14. The van der Waals surface area contributed by atoms with Crippen LogP contribution in [-0.2, 0) is 11.2 Å². The number of benzene rings is 1. The number of fused-ring (bicyclic) bond motifs is 1. The molecule has 0 amide bonds. The molecule has 0 radical (unpaired) electrons. The van der Waals surface area contributed by atoms with E-state index in [1.165, 1.54) is 11.1 Å². The fraction of sp³-hybridized carbons (Fsp3) is 0.423. The van der Waals surface area contributed by atoms with E-state index in [9.17, 15) is 4.79 Å². The SMILES string of the molecule is CCC(NCCCOc1ccc2c(c1)CC[C@H]2CC(=O)O)c1nc(-c2ccsc2)ncc1C. The molecule has 2 atom stereocenters. The molecule has 0 spiro atoms. The van der Waals surface area contributed by atoms with Gasteiger partial charge in [0.05, 0.1) is 18.7 Å². The van der Waals surface area contributed by atoms with Crippen LogP contribution >= 0.6 is 11.3 Å². The van der Waals surface area contributed by atoms with Gasteiger partial charge in [-0.15, -0.1) is 0 Å². The van der Waals surface area contributed by atoms with E-state index in [-0.39, 0.29) is 18.4 Å². The van der Waals surface area contributed by atoms with E-state index < -0.39 is 5.97 Å². The maximum absolute atomic E-state index is 11.0. The highest BCUT2D eigenvalue weighted by atomic mass is 32.1. The topological polar surface area (TPSA) is 84.3 Å². The first-order chi connectivity index (χ1) is 16.0. The molecule has 0 saturated carbocycles. The molecule has 0 saturated heterocycles. The summed E-state index contributed by atoms with van der Waals surface area (Å²) in [6.07, 6.45) is 5.79. The van der Waals surface area contributed by atoms with E-state index in [4.69, 9.17) is 14.8 Å². The lowest BCUT2D eigenvalue weighted by Gasteiger charge is -2.19. The first-order valence-electron chi connectivity index (χ1n) is 11.6. The first-order valence-corrected chi connectivity index (χ1v) is 12.6. The molecular weight excluding hydrogens is 434 g/mol. The van der Waals surface area contributed by atoms with Crippen LogP contribution in [0.1, 0.15) is 67.0 Å². The molecule has 6 nitrogen and oxygen atoms in total. The Hall–Kier alpha value is -2.77. The van der Waals surface area contributed by atoms with Crippen molar-refractivity contribution in [2.75, 3.05) is 13.2 Å². The van der Waals surface area contributed by atoms with Crippen LogP contribution in [0.25, 0.3) is 11.4 Å². The van der Waals surface area contributed by atoms with Gasteiger partial charge in [-0.25, -0.2) is 9.97 Å². The Morgan fingerprint density at radius 3 is 3.00 bits per heavy atom. The van der Waals surface area contributed by atoms with Gasteiger partial charge in [0.1, 0.15) is 5.75 Å². The van der Waals surface area contributed by atoms with Crippen LogP contribution in [0.5, 0.6) is 5.75 Å². The summed E-state index contributed by atoms with van der Waals surface area (Å²) in [5, 5.41) is 16.8. The quantitative estimate of drug-likeness (QED) is 0.362. The number of nitrogens with zero attached hydrogens (tertiary/aromatic N) is 2. The molecule has 174 valence electrons. The standard InChI is InChI=1S/C26H31N3O3S/c1-3-23(25-17(2)15-28-26(29-25)20-9-12-33-16-20)27-10-4-11-32-21-7-8-22-18(13-21)5-6-19(22)14-24(30)31/h7-9,12-13,15-16,19,23,27H,3-6,10-11,14H2,1-2H3,(H,30,31)/t19-,23?/m0/s1. The Labute approximate surface area is 199 Å². The number of carboxylic acids is 1. The normalized spacial score (nSPS) is 15.9. The zero-order valence-electron chi connectivity index (χ0n) is 19.2. The number of rotatable bonds is 11. The average Bonchev–Trinajstić information content (AvgIpc) is 3.47. The number of hydrogen-bond acceptors (Lipinski definition) is 6. The summed E-state index contributed by atoms with van der Waals surface area (Å²) in [5.74, 6) is 1.05. The predicted octanol–water partition coefficient (Wildman–Crippen LogP) is 5.53. The molecule has 1 unspecified atom stereocenters. The van der Waals surface area contributed by atoms with E-state index in [2.05, 4.69) is 41.7 Å². The van der Waals surface area contributed by atoms with Gasteiger partial charge in [0.2, 0.25) is 0 Å². The minimum atomic E-state index is -0.731.